The van der Waals surface area contributed by atoms with Gasteiger partial charge < -0.3 is 24.8 Å². The van der Waals surface area contributed by atoms with Gasteiger partial charge in [0.1, 0.15) is 6.61 Å². The highest BCUT2D eigenvalue weighted by atomic mass is 16.5. The molecule has 1 aliphatic rings. The van der Waals surface area contributed by atoms with E-state index in [0.29, 0.717) is 29.5 Å². The molecule has 2 atom stereocenters. The van der Waals surface area contributed by atoms with Gasteiger partial charge in [-0.15, -0.1) is 0 Å². The van der Waals surface area contributed by atoms with E-state index < -0.39 is 12.1 Å². The van der Waals surface area contributed by atoms with Gasteiger partial charge >= 0.3 is 0 Å². The summed E-state index contributed by atoms with van der Waals surface area (Å²) < 4.78 is 16.0. The van der Waals surface area contributed by atoms with Gasteiger partial charge in [-0.3, -0.25) is 9.59 Å². The second kappa shape index (κ2) is 8.01. The maximum Gasteiger partial charge on any atom is 0.251 e. The standard InChI is InChI=1S/C17H24N2O5/c1-10(2)8-18-17(21)16-15(19-14(20)9-24-16)11-5-6-12(22-3)13(7-11)23-4/h5-7,10,15-16H,8-9H2,1-4H3,(H,18,21)(H,19,20)/t15-,16+/m1/s1. The van der Waals surface area contributed by atoms with Gasteiger partial charge in [-0.1, -0.05) is 19.9 Å². The number of carbonyl (C=O) groups is 2. The molecule has 0 bridgehead atoms. The third-order valence-corrected chi connectivity index (χ3v) is 3.72. The number of benzene rings is 1. The Morgan fingerprint density at radius 1 is 1.33 bits per heavy atom. The predicted molar refractivity (Wildman–Crippen MR) is 88.0 cm³/mol. The molecule has 2 N–H and O–H groups in total. The van der Waals surface area contributed by atoms with Crippen molar-refractivity contribution in [1.29, 1.82) is 0 Å². The van der Waals surface area contributed by atoms with Gasteiger partial charge in [-0.2, -0.15) is 0 Å². The smallest absolute Gasteiger partial charge is 0.251 e. The molecular weight excluding hydrogens is 312 g/mol. The first-order valence-corrected chi connectivity index (χ1v) is 7.86. The summed E-state index contributed by atoms with van der Waals surface area (Å²) in [7, 11) is 3.08. The Kier molecular flexibility index (Phi) is 6.03. The van der Waals surface area contributed by atoms with E-state index in [1.54, 1.807) is 25.3 Å². The van der Waals surface area contributed by atoms with E-state index in [1.807, 2.05) is 13.8 Å². The molecule has 0 spiro atoms. The van der Waals surface area contributed by atoms with Crippen LogP contribution < -0.4 is 20.1 Å². The van der Waals surface area contributed by atoms with Crippen molar-refractivity contribution in [3.05, 3.63) is 23.8 Å². The normalized spacial score (nSPS) is 20.5. The molecule has 7 heteroatoms. The number of hydrogen-bond acceptors (Lipinski definition) is 5. The maximum absolute atomic E-state index is 12.4. The molecule has 2 amide bonds. The molecule has 2 rings (SSSR count). The molecule has 132 valence electrons. The van der Waals surface area contributed by atoms with E-state index in [-0.39, 0.29) is 18.4 Å². The predicted octanol–water partition coefficient (Wildman–Crippen LogP) is 1.03. The first kappa shape index (κ1) is 18.1. The van der Waals surface area contributed by atoms with Gasteiger partial charge in [0.25, 0.3) is 5.91 Å². The molecule has 7 nitrogen and oxygen atoms in total. The Morgan fingerprint density at radius 2 is 2.04 bits per heavy atom. The fourth-order valence-corrected chi connectivity index (χ4v) is 2.49. The van der Waals surface area contributed by atoms with Crippen LogP contribution in [0.2, 0.25) is 0 Å². The van der Waals surface area contributed by atoms with Crippen molar-refractivity contribution in [2.75, 3.05) is 27.4 Å². The summed E-state index contributed by atoms with van der Waals surface area (Å²) >= 11 is 0. The fraction of sp³-hybridized carbons (Fsp3) is 0.529. The zero-order valence-corrected chi connectivity index (χ0v) is 14.4. The molecule has 1 fully saturated rings. The van der Waals surface area contributed by atoms with Gasteiger partial charge in [0.15, 0.2) is 17.6 Å². The van der Waals surface area contributed by atoms with Crippen LogP contribution in [0, 0.1) is 5.92 Å². The van der Waals surface area contributed by atoms with Crippen LogP contribution >= 0.6 is 0 Å². The summed E-state index contributed by atoms with van der Waals surface area (Å²) in [6.45, 7) is 4.43. The molecular formula is C17H24N2O5. The van der Waals surface area contributed by atoms with Crippen molar-refractivity contribution >= 4 is 11.8 Å². The molecule has 0 aliphatic carbocycles. The molecule has 0 unspecified atom stereocenters. The molecule has 1 saturated heterocycles. The first-order chi connectivity index (χ1) is 11.5. The Balaban J connectivity index is 2.25. The topological polar surface area (TPSA) is 85.9 Å². The summed E-state index contributed by atoms with van der Waals surface area (Å²) in [5, 5.41) is 5.67. The molecule has 0 radical (unpaired) electrons. The maximum atomic E-state index is 12.4. The Labute approximate surface area is 141 Å². The molecule has 1 heterocycles. The summed E-state index contributed by atoms with van der Waals surface area (Å²) in [5.74, 6) is 0.916. The molecule has 0 aromatic heterocycles. The van der Waals surface area contributed by atoms with Crippen LogP contribution in [0.15, 0.2) is 18.2 Å². The zero-order chi connectivity index (χ0) is 17.7. The van der Waals surface area contributed by atoms with Crippen molar-refractivity contribution < 1.29 is 23.8 Å². The second-order valence-corrected chi connectivity index (χ2v) is 6.03. The number of amides is 2. The van der Waals surface area contributed by atoms with Gasteiger partial charge in [0.2, 0.25) is 5.91 Å². The van der Waals surface area contributed by atoms with Gasteiger partial charge in [-0.25, -0.2) is 0 Å². The van der Waals surface area contributed by atoms with Crippen LogP contribution in [-0.4, -0.2) is 45.3 Å². The molecule has 0 saturated carbocycles. The van der Waals surface area contributed by atoms with Gasteiger partial charge in [-0.05, 0) is 23.6 Å². The minimum atomic E-state index is -0.792. The largest absolute Gasteiger partial charge is 0.493 e. The Hall–Kier alpha value is -2.28. The van der Waals surface area contributed by atoms with Crippen molar-refractivity contribution in [1.82, 2.24) is 10.6 Å². The van der Waals surface area contributed by atoms with Crippen LogP contribution in [0.1, 0.15) is 25.5 Å². The lowest BCUT2D eigenvalue weighted by atomic mass is 9.98. The van der Waals surface area contributed by atoms with E-state index in [1.165, 1.54) is 7.11 Å². The number of nitrogens with one attached hydrogen (secondary N) is 2. The summed E-state index contributed by atoms with van der Waals surface area (Å²) in [5.41, 5.74) is 0.713. The van der Waals surface area contributed by atoms with Gasteiger partial charge in [0.05, 0.1) is 20.3 Å². The third-order valence-electron chi connectivity index (χ3n) is 3.72. The Morgan fingerprint density at radius 3 is 2.67 bits per heavy atom. The second-order valence-electron chi connectivity index (χ2n) is 6.03. The molecule has 1 aromatic carbocycles. The van der Waals surface area contributed by atoms with Crippen LogP contribution in [0.5, 0.6) is 11.5 Å². The minimum Gasteiger partial charge on any atom is -0.493 e. The first-order valence-electron chi connectivity index (χ1n) is 7.86. The molecule has 24 heavy (non-hydrogen) atoms. The van der Waals surface area contributed by atoms with Gasteiger partial charge in [0, 0.05) is 6.54 Å². The zero-order valence-electron chi connectivity index (χ0n) is 14.4. The van der Waals surface area contributed by atoms with E-state index in [4.69, 9.17) is 14.2 Å². The number of methoxy groups -OCH3 is 2. The van der Waals surface area contributed by atoms with E-state index in [0.717, 1.165) is 0 Å². The van der Waals surface area contributed by atoms with Crippen molar-refractivity contribution in [3.8, 4) is 11.5 Å². The number of ether oxygens (including phenoxy) is 3. The fourth-order valence-electron chi connectivity index (χ4n) is 2.49. The van der Waals surface area contributed by atoms with Crippen molar-refractivity contribution in [2.45, 2.75) is 26.0 Å². The SMILES string of the molecule is COc1ccc([C@H]2NC(=O)CO[C@@H]2C(=O)NCC(C)C)cc1OC. The highest BCUT2D eigenvalue weighted by molar-refractivity contribution is 5.86. The number of carbonyl (C=O) groups excluding carboxylic acids is 2. The summed E-state index contributed by atoms with van der Waals surface area (Å²) in [6, 6.07) is 4.67. The average molecular weight is 336 g/mol. The molecule has 1 aromatic rings. The monoisotopic (exact) mass is 336 g/mol. The van der Waals surface area contributed by atoms with E-state index in [9.17, 15) is 9.59 Å². The van der Waals surface area contributed by atoms with Crippen molar-refractivity contribution in [3.63, 3.8) is 0 Å². The number of hydrogen-bond donors (Lipinski definition) is 2. The average Bonchev–Trinajstić information content (AvgIpc) is 2.58. The summed E-state index contributed by atoms with van der Waals surface area (Å²) in [4.78, 5) is 24.2. The van der Waals surface area contributed by atoms with Crippen molar-refractivity contribution in [2.24, 2.45) is 5.92 Å². The van der Waals surface area contributed by atoms with E-state index in [2.05, 4.69) is 10.6 Å². The third kappa shape index (κ3) is 4.17. The van der Waals surface area contributed by atoms with Crippen LogP contribution in [0.25, 0.3) is 0 Å². The lowest BCUT2D eigenvalue weighted by Gasteiger charge is -2.32. The van der Waals surface area contributed by atoms with Crippen LogP contribution in [0.4, 0.5) is 0 Å². The Bertz CT molecular complexity index is 603. The van der Waals surface area contributed by atoms with Crippen LogP contribution in [-0.2, 0) is 14.3 Å². The number of rotatable bonds is 6. The summed E-state index contributed by atoms with van der Waals surface area (Å²) in [6.07, 6.45) is -0.792. The highest BCUT2D eigenvalue weighted by Crippen LogP contribution is 2.32. The minimum absolute atomic E-state index is 0.135. The molecule has 1 aliphatic heterocycles. The van der Waals surface area contributed by atoms with Crippen LogP contribution in [0.3, 0.4) is 0 Å². The number of morpholine rings is 1. The quantitative estimate of drug-likeness (QED) is 0.810. The lowest BCUT2D eigenvalue weighted by Crippen LogP contribution is -2.52. The highest BCUT2D eigenvalue weighted by Gasteiger charge is 2.36. The lowest BCUT2D eigenvalue weighted by molar-refractivity contribution is -0.148. The van der Waals surface area contributed by atoms with E-state index >= 15 is 0 Å².